The fourth-order valence-corrected chi connectivity index (χ4v) is 4.58. The van der Waals surface area contributed by atoms with Gasteiger partial charge in [-0.1, -0.05) is 0 Å². The van der Waals surface area contributed by atoms with Gasteiger partial charge < -0.3 is 4.90 Å². The topological polar surface area (TPSA) is 86.7 Å². The summed E-state index contributed by atoms with van der Waals surface area (Å²) in [7, 11) is 4.71. The second-order valence-corrected chi connectivity index (χ2v) is 8.16. The maximum atomic E-state index is 13.4. The number of halogens is 3. The number of aromatic nitrogens is 7. The number of nitrogens with zero attached hydrogens (tertiary/aromatic N) is 8. The van der Waals surface area contributed by atoms with Gasteiger partial charge in [0.15, 0.2) is 5.65 Å². The van der Waals surface area contributed by atoms with E-state index < -0.39 is 11.9 Å². The number of alkyl halides is 3. The van der Waals surface area contributed by atoms with Crippen molar-refractivity contribution in [3.8, 4) is 11.4 Å². The molecule has 5 rings (SSSR count). The van der Waals surface area contributed by atoms with E-state index >= 15 is 0 Å². The molecule has 0 bridgehead atoms. The van der Waals surface area contributed by atoms with Crippen LogP contribution in [0.3, 0.4) is 0 Å². The minimum atomic E-state index is -4.50. The van der Waals surface area contributed by atoms with Crippen molar-refractivity contribution < 1.29 is 18.0 Å². The average molecular weight is 458 g/mol. The second-order valence-electron chi connectivity index (χ2n) is 8.16. The van der Waals surface area contributed by atoms with E-state index in [9.17, 15) is 18.0 Å². The van der Waals surface area contributed by atoms with Gasteiger partial charge in [0.1, 0.15) is 11.4 Å². The van der Waals surface area contributed by atoms with Crippen molar-refractivity contribution in [3.05, 3.63) is 47.0 Å². The van der Waals surface area contributed by atoms with Gasteiger partial charge in [-0.25, -0.2) is 4.98 Å². The molecule has 1 amide bonds. The highest BCUT2D eigenvalue weighted by Crippen LogP contribution is 2.38. The average Bonchev–Trinajstić information content (AvgIpc) is 3.42. The summed E-state index contributed by atoms with van der Waals surface area (Å²) in [6, 6.07) is 2.34. The SMILES string of the molecule is C[C@H]1c2nn(C)c(-c3cc(C(F)(F)F)n(C)n3)c2CCN1C(=O)c1ccnc2c1cnn2C. The Morgan fingerprint density at radius 3 is 2.58 bits per heavy atom. The Labute approximate surface area is 186 Å². The van der Waals surface area contributed by atoms with Crippen molar-refractivity contribution in [2.24, 2.45) is 21.1 Å². The lowest BCUT2D eigenvalue weighted by Gasteiger charge is -2.33. The van der Waals surface area contributed by atoms with Crippen LogP contribution in [0.2, 0.25) is 0 Å². The van der Waals surface area contributed by atoms with Gasteiger partial charge in [0, 0.05) is 39.4 Å². The van der Waals surface area contributed by atoms with Crippen molar-refractivity contribution in [2.45, 2.75) is 25.6 Å². The molecular formula is C21H21F3N8O. The number of aryl methyl sites for hydroxylation is 3. The molecule has 12 heteroatoms. The van der Waals surface area contributed by atoms with E-state index in [1.54, 1.807) is 46.8 Å². The molecule has 0 aliphatic carbocycles. The molecule has 172 valence electrons. The summed E-state index contributed by atoms with van der Waals surface area (Å²) < 4.78 is 43.8. The highest BCUT2D eigenvalue weighted by molar-refractivity contribution is 6.05. The molecule has 0 radical (unpaired) electrons. The summed E-state index contributed by atoms with van der Waals surface area (Å²) in [6.07, 6.45) is -0.853. The van der Waals surface area contributed by atoms with E-state index in [4.69, 9.17) is 0 Å². The Hall–Kier alpha value is -3.70. The second kappa shape index (κ2) is 7.15. The van der Waals surface area contributed by atoms with Crippen molar-refractivity contribution in [1.82, 2.24) is 39.2 Å². The van der Waals surface area contributed by atoms with E-state index in [1.807, 2.05) is 6.92 Å². The Bertz CT molecular complexity index is 1400. The number of carbonyl (C=O) groups excluding carboxylic acids is 1. The van der Waals surface area contributed by atoms with Gasteiger partial charge in [-0.3, -0.25) is 18.8 Å². The summed E-state index contributed by atoms with van der Waals surface area (Å²) in [5.41, 5.74) is 2.49. The third kappa shape index (κ3) is 3.19. The Balaban J connectivity index is 1.52. The highest BCUT2D eigenvalue weighted by Gasteiger charge is 2.38. The van der Waals surface area contributed by atoms with Crippen molar-refractivity contribution in [3.63, 3.8) is 0 Å². The Morgan fingerprint density at radius 1 is 1.12 bits per heavy atom. The van der Waals surface area contributed by atoms with E-state index in [0.717, 1.165) is 16.3 Å². The van der Waals surface area contributed by atoms with Crippen LogP contribution in [-0.4, -0.2) is 51.7 Å². The molecule has 4 aromatic heterocycles. The number of pyridine rings is 1. The molecule has 0 fully saturated rings. The molecule has 0 N–H and O–H groups in total. The van der Waals surface area contributed by atoms with Crippen molar-refractivity contribution in [1.29, 1.82) is 0 Å². The first kappa shape index (κ1) is 21.2. The highest BCUT2D eigenvalue weighted by atomic mass is 19.4. The normalized spacial score (nSPS) is 16.5. The van der Waals surface area contributed by atoms with E-state index in [-0.39, 0.29) is 17.6 Å². The largest absolute Gasteiger partial charge is 0.433 e. The number of fused-ring (bicyclic) bond motifs is 2. The minimum Gasteiger partial charge on any atom is -0.330 e. The van der Waals surface area contributed by atoms with Crippen LogP contribution in [0.25, 0.3) is 22.4 Å². The lowest BCUT2D eigenvalue weighted by molar-refractivity contribution is -0.143. The zero-order valence-corrected chi connectivity index (χ0v) is 18.4. The third-order valence-electron chi connectivity index (χ3n) is 6.18. The number of hydrogen-bond acceptors (Lipinski definition) is 5. The first-order valence-electron chi connectivity index (χ1n) is 10.3. The predicted molar refractivity (Wildman–Crippen MR) is 112 cm³/mol. The lowest BCUT2D eigenvalue weighted by Crippen LogP contribution is -2.39. The molecule has 0 spiro atoms. The molecule has 1 aliphatic heterocycles. The predicted octanol–water partition coefficient (Wildman–Crippen LogP) is 2.88. The number of carbonyl (C=O) groups is 1. The van der Waals surface area contributed by atoms with Crippen LogP contribution in [-0.2, 0) is 33.7 Å². The summed E-state index contributed by atoms with van der Waals surface area (Å²) in [6.45, 7) is 2.27. The van der Waals surface area contributed by atoms with Gasteiger partial charge in [0.05, 0.1) is 34.6 Å². The van der Waals surface area contributed by atoms with Crippen molar-refractivity contribution >= 4 is 16.9 Å². The molecule has 0 saturated carbocycles. The fourth-order valence-electron chi connectivity index (χ4n) is 4.58. The van der Waals surface area contributed by atoms with Gasteiger partial charge in [0.2, 0.25) is 0 Å². The van der Waals surface area contributed by atoms with E-state index in [1.165, 1.54) is 7.05 Å². The van der Waals surface area contributed by atoms with Crippen LogP contribution < -0.4 is 0 Å². The quantitative estimate of drug-likeness (QED) is 0.461. The van der Waals surface area contributed by atoms with E-state index in [0.29, 0.717) is 41.0 Å². The smallest absolute Gasteiger partial charge is 0.330 e. The molecule has 1 aliphatic rings. The van der Waals surface area contributed by atoms with Crippen LogP contribution in [0.1, 0.15) is 40.3 Å². The van der Waals surface area contributed by atoms with Crippen LogP contribution in [0.4, 0.5) is 13.2 Å². The molecule has 4 aromatic rings. The van der Waals surface area contributed by atoms with Gasteiger partial charge in [0.25, 0.3) is 5.91 Å². The summed E-state index contributed by atoms with van der Waals surface area (Å²) in [5, 5.41) is 13.5. The Morgan fingerprint density at radius 2 is 1.88 bits per heavy atom. The van der Waals surface area contributed by atoms with Gasteiger partial charge >= 0.3 is 6.18 Å². The molecule has 0 saturated heterocycles. The first-order chi connectivity index (χ1) is 15.6. The molecule has 9 nitrogen and oxygen atoms in total. The number of rotatable bonds is 2. The molecule has 1 atom stereocenters. The van der Waals surface area contributed by atoms with E-state index in [2.05, 4.69) is 20.3 Å². The van der Waals surface area contributed by atoms with Crippen LogP contribution in [0, 0.1) is 0 Å². The van der Waals surface area contributed by atoms with Gasteiger partial charge in [-0.05, 0) is 25.5 Å². The molecule has 0 unspecified atom stereocenters. The monoisotopic (exact) mass is 458 g/mol. The fraction of sp³-hybridized carbons (Fsp3) is 0.381. The number of amides is 1. The third-order valence-corrected chi connectivity index (χ3v) is 6.18. The molecule has 0 aromatic carbocycles. The Kier molecular flexibility index (Phi) is 4.59. The lowest BCUT2D eigenvalue weighted by atomic mass is 9.96. The van der Waals surface area contributed by atoms with Crippen LogP contribution >= 0.6 is 0 Å². The summed E-state index contributed by atoms with van der Waals surface area (Å²) >= 11 is 0. The zero-order chi connectivity index (χ0) is 23.7. The molecule has 33 heavy (non-hydrogen) atoms. The maximum Gasteiger partial charge on any atom is 0.433 e. The van der Waals surface area contributed by atoms with Crippen molar-refractivity contribution in [2.75, 3.05) is 6.54 Å². The van der Waals surface area contributed by atoms with Gasteiger partial charge in [-0.2, -0.15) is 28.5 Å². The minimum absolute atomic E-state index is 0.169. The maximum absolute atomic E-state index is 13.4. The summed E-state index contributed by atoms with van der Waals surface area (Å²) in [4.78, 5) is 19.5. The number of hydrogen-bond donors (Lipinski definition) is 0. The molecular weight excluding hydrogens is 437 g/mol. The molecule has 5 heterocycles. The zero-order valence-electron chi connectivity index (χ0n) is 18.4. The van der Waals surface area contributed by atoms with Crippen LogP contribution in [0.15, 0.2) is 24.5 Å². The first-order valence-corrected chi connectivity index (χ1v) is 10.3. The standard InChI is InChI=1S/C21H21F3N8O/c1-11-17-13(18(30(3)28-17)15-9-16(21(22,23)24)29(2)27-15)6-8-32(11)20(33)12-5-7-25-19-14(12)10-26-31(19)4/h5,7,9-11H,6,8H2,1-4H3/t11-/m0/s1. The van der Waals surface area contributed by atoms with Gasteiger partial charge in [-0.15, -0.1) is 0 Å². The summed E-state index contributed by atoms with van der Waals surface area (Å²) in [5.74, 6) is -0.169. The van der Waals surface area contributed by atoms with Crippen LogP contribution in [0.5, 0.6) is 0 Å².